The summed E-state index contributed by atoms with van der Waals surface area (Å²) in [5, 5.41) is 6.82. The van der Waals surface area contributed by atoms with E-state index in [9.17, 15) is 0 Å². The second-order valence-corrected chi connectivity index (χ2v) is 7.27. The fourth-order valence-electron chi connectivity index (χ4n) is 3.16. The molecule has 4 rings (SSSR count). The third-order valence-corrected chi connectivity index (χ3v) is 5.42. The highest BCUT2D eigenvalue weighted by atomic mass is 35.5. The molecule has 1 fully saturated rings. The molecule has 0 saturated carbocycles. The molecule has 8 heteroatoms. The number of aryl methyl sites for hydroxylation is 2. The van der Waals surface area contributed by atoms with E-state index in [1.807, 2.05) is 18.7 Å². The second-order valence-electron chi connectivity index (χ2n) is 6.06. The predicted octanol–water partition coefficient (Wildman–Crippen LogP) is 3.28. The van der Waals surface area contributed by atoms with Crippen molar-refractivity contribution in [2.24, 2.45) is 7.05 Å². The molecule has 6 nitrogen and oxygen atoms in total. The van der Waals surface area contributed by atoms with Crippen LogP contribution in [0, 0.1) is 6.92 Å². The normalized spacial score (nSPS) is 18.5. The molecule has 3 aromatic heterocycles. The van der Waals surface area contributed by atoms with Gasteiger partial charge in [0, 0.05) is 24.5 Å². The van der Waals surface area contributed by atoms with Crippen molar-refractivity contribution >= 4 is 39.0 Å². The zero-order valence-electron chi connectivity index (χ0n) is 13.8. The third kappa shape index (κ3) is 2.56. The van der Waals surface area contributed by atoms with Gasteiger partial charge in [-0.1, -0.05) is 0 Å². The van der Waals surface area contributed by atoms with Crippen LogP contribution in [0.15, 0.2) is 11.4 Å². The fraction of sp³-hybridized carbons (Fsp3) is 0.438. The maximum atomic E-state index is 6.25. The van der Waals surface area contributed by atoms with Crippen molar-refractivity contribution in [3.8, 4) is 11.3 Å². The number of morpholine rings is 1. The molecule has 1 aliphatic heterocycles. The average molecular weight is 364 g/mol. The maximum Gasteiger partial charge on any atom is 0.224 e. The molecule has 0 bridgehead atoms. The summed E-state index contributed by atoms with van der Waals surface area (Å²) in [4.78, 5) is 11.3. The number of rotatable bonds is 2. The minimum Gasteiger partial charge on any atom is -0.377 e. The molecular formula is C16H18ClN5OS. The molecule has 0 N–H and O–H groups in total. The lowest BCUT2D eigenvalue weighted by atomic mass is 10.2. The first-order valence-electron chi connectivity index (χ1n) is 7.84. The Labute approximate surface area is 149 Å². The molecule has 4 heterocycles. The van der Waals surface area contributed by atoms with Gasteiger partial charge in [-0.2, -0.15) is 10.1 Å². The number of halogens is 1. The average Bonchev–Trinajstić information content (AvgIpc) is 3.09. The van der Waals surface area contributed by atoms with E-state index in [2.05, 4.69) is 38.3 Å². The zero-order valence-corrected chi connectivity index (χ0v) is 15.4. The number of ether oxygens (including phenoxy) is 1. The summed E-state index contributed by atoms with van der Waals surface area (Å²) in [7, 11) is 1.94. The number of thiophene rings is 1. The standard InChI is InChI=1S/C16H18ClN5OS/c1-9-6-12(21(3)20-9)11-8-24-14-13(11)18-16(17)19-15(14)22-4-5-23-7-10(22)2/h6,8,10H,4-5,7H2,1-3H3/t10-/m1/s1. The minimum absolute atomic E-state index is 0.261. The second kappa shape index (κ2) is 5.98. The van der Waals surface area contributed by atoms with E-state index in [0.717, 1.165) is 39.5 Å². The van der Waals surface area contributed by atoms with Gasteiger partial charge in [0.15, 0.2) is 5.82 Å². The van der Waals surface area contributed by atoms with Gasteiger partial charge in [-0.25, -0.2) is 4.98 Å². The molecule has 0 radical (unpaired) electrons. The molecule has 1 aliphatic rings. The quantitative estimate of drug-likeness (QED) is 0.654. The van der Waals surface area contributed by atoms with E-state index in [4.69, 9.17) is 16.3 Å². The van der Waals surface area contributed by atoms with Crippen LogP contribution in [0.4, 0.5) is 5.82 Å². The lowest BCUT2D eigenvalue weighted by Crippen LogP contribution is -2.44. The van der Waals surface area contributed by atoms with Crippen LogP contribution in [0.25, 0.3) is 21.5 Å². The van der Waals surface area contributed by atoms with Crippen LogP contribution in [0.1, 0.15) is 12.6 Å². The molecule has 0 spiro atoms. The molecule has 1 saturated heterocycles. The summed E-state index contributed by atoms with van der Waals surface area (Å²) in [6.45, 7) is 6.33. The highest BCUT2D eigenvalue weighted by Crippen LogP contribution is 2.38. The van der Waals surface area contributed by atoms with E-state index in [1.165, 1.54) is 0 Å². The fourth-order valence-corrected chi connectivity index (χ4v) is 4.33. The summed E-state index contributed by atoms with van der Waals surface area (Å²) in [6, 6.07) is 2.33. The Hall–Kier alpha value is -1.70. The van der Waals surface area contributed by atoms with E-state index in [1.54, 1.807) is 11.3 Å². The smallest absolute Gasteiger partial charge is 0.224 e. The Balaban J connectivity index is 1.90. The van der Waals surface area contributed by atoms with Crippen LogP contribution < -0.4 is 4.90 Å². The molecule has 0 aliphatic carbocycles. The van der Waals surface area contributed by atoms with Gasteiger partial charge < -0.3 is 9.64 Å². The highest BCUT2D eigenvalue weighted by molar-refractivity contribution is 7.18. The number of nitrogens with zero attached hydrogens (tertiary/aromatic N) is 5. The van der Waals surface area contributed by atoms with Gasteiger partial charge in [-0.15, -0.1) is 11.3 Å². The molecule has 126 valence electrons. The summed E-state index contributed by atoms with van der Waals surface area (Å²) in [5.74, 6) is 0.899. The monoisotopic (exact) mass is 363 g/mol. The highest BCUT2D eigenvalue weighted by Gasteiger charge is 2.25. The Morgan fingerprint density at radius 2 is 2.21 bits per heavy atom. The first kappa shape index (κ1) is 15.8. The van der Waals surface area contributed by atoms with E-state index < -0.39 is 0 Å². The lowest BCUT2D eigenvalue weighted by Gasteiger charge is -2.34. The number of fused-ring (bicyclic) bond motifs is 1. The van der Waals surface area contributed by atoms with Gasteiger partial charge in [0.1, 0.15) is 0 Å². The molecule has 3 aromatic rings. The van der Waals surface area contributed by atoms with Crippen molar-refractivity contribution in [3.05, 3.63) is 22.4 Å². The van der Waals surface area contributed by atoms with E-state index in [0.29, 0.717) is 13.2 Å². The topological polar surface area (TPSA) is 56.1 Å². The van der Waals surface area contributed by atoms with Gasteiger partial charge >= 0.3 is 0 Å². The van der Waals surface area contributed by atoms with Gasteiger partial charge in [0.05, 0.1) is 40.9 Å². The Morgan fingerprint density at radius 1 is 1.38 bits per heavy atom. The van der Waals surface area contributed by atoms with E-state index >= 15 is 0 Å². The molecule has 0 unspecified atom stereocenters. The summed E-state index contributed by atoms with van der Waals surface area (Å²) < 4.78 is 8.48. The summed E-state index contributed by atoms with van der Waals surface area (Å²) in [5.41, 5.74) is 3.95. The lowest BCUT2D eigenvalue weighted by molar-refractivity contribution is 0.0987. The number of anilines is 1. The zero-order chi connectivity index (χ0) is 16.8. The van der Waals surface area contributed by atoms with E-state index in [-0.39, 0.29) is 11.3 Å². The van der Waals surface area contributed by atoms with Crippen LogP contribution >= 0.6 is 22.9 Å². The molecule has 0 aromatic carbocycles. The Kier molecular flexibility index (Phi) is 3.94. The van der Waals surface area contributed by atoms with Crippen molar-refractivity contribution in [2.45, 2.75) is 19.9 Å². The van der Waals surface area contributed by atoms with Crippen molar-refractivity contribution < 1.29 is 4.74 Å². The predicted molar refractivity (Wildman–Crippen MR) is 97.0 cm³/mol. The molecular weight excluding hydrogens is 346 g/mol. The molecule has 0 amide bonds. The summed E-state index contributed by atoms with van der Waals surface area (Å²) >= 11 is 7.90. The number of aromatic nitrogens is 4. The van der Waals surface area contributed by atoms with Crippen LogP contribution in [0.3, 0.4) is 0 Å². The SMILES string of the molecule is Cc1cc(-c2csc3c(N4CCOC[C@H]4C)nc(Cl)nc23)n(C)n1. The Bertz CT molecular complexity index is 905. The Morgan fingerprint density at radius 3 is 2.92 bits per heavy atom. The largest absolute Gasteiger partial charge is 0.377 e. The first-order valence-corrected chi connectivity index (χ1v) is 9.10. The van der Waals surface area contributed by atoms with Gasteiger partial charge in [0.2, 0.25) is 5.28 Å². The molecule has 1 atom stereocenters. The van der Waals surface area contributed by atoms with Gasteiger partial charge in [0.25, 0.3) is 0 Å². The third-order valence-electron chi connectivity index (χ3n) is 4.29. The van der Waals surface area contributed by atoms with Crippen LogP contribution in [0.2, 0.25) is 5.28 Å². The van der Waals surface area contributed by atoms with Crippen molar-refractivity contribution in [2.75, 3.05) is 24.7 Å². The van der Waals surface area contributed by atoms with Crippen molar-refractivity contribution in [1.82, 2.24) is 19.7 Å². The number of hydrogen-bond acceptors (Lipinski definition) is 6. The minimum atomic E-state index is 0.261. The van der Waals surface area contributed by atoms with Crippen LogP contribution in [-0.4, -0.2) is 45.5 Å². The summed E-state index contributed by atoms with van der Waals surface area (Å²) in [6.07, 6.45) is 0. The van der Waals surface area contributed by atoms with Gasteiger partial charge in [-0.05, 0) is 31.5 Å². The number of hydrogen-bond donors (Lipinski definition) is 0. The maximum absolute atomic E-state index is 6.25. The van der Waals surface area contributed by atoms with Crippen LogP contribution in [-0.2, 0) is 11.8 Å². The van der Waals surface area contributed by atoms with Crippen molar-refractivity contribution in [3.63, 3.8) is 0 Å². The first-order chi connectivity index (χ1) is 11.5. The van der Waals surface area contributed by atoms with Gasteiger partial charge in [-0.3, -0.25) is 4.68 Å². The molecule has 24 heavy (non-hydrogen) atoms. The van der Waals surface area contributed by atoms with Crippen molar-refractivity contribution in [1.29, 1.82) is 0 Å². The van der Waals surface area contributed by atoms with Crippen LogP contribution in [0.5, 0.6) is 0 Å².